The highest BCUT2D eigenvalue weighted by Gasteiger charge is 2.22. The molecule has 2 aromatic carbocycles. The molecule has 0 aromatic heterocycles. The van der Waals surface area contributed by atoms with Crippen LogP contribution in [-0.2, 0) is 0 Å². The van der Waals surface area contributed by atoms with E-state index in [1.165, 1.54) is 18.2 Å². The summed E-state index contributed by atoms with van der Waals surface area (Å²) < 4.78 is 0. The molecule has 0 heterocycles. The van der Waals surface area contributed by atoms with E-state index in [0.29, 0.717) is 23.7 Å². The van der Waals surface area contributed by atoms with Crippen LogP contribution in [-0.4, -0.2) is 29.4 Å². The Morgan fingerprint density at radius 3 is 2.38 bits per heavy atom. The molecule has 0 aliphatic heterocycles. The monoisotopic (exact) mass is 352 g/mol. The summed E-state index contributed by atoms with van der Waals surface area (Å²) in [6.45, 7) is 2.51. The number of carbonyl (C=O) groups is 3. The van der Waals surface area contributed by atoms with Gasteiger partial charge in [-0.25, -0.2) is 4.79 Å². The lowest BCUT2D eigenvalue weighted by Gasteiger charge is -2.11. The van der Waals surface area contributed by atoms with Crippen LogP contribution in [0.5, 0.6) is 0 Å². The number of nitrogens with one attached hydrogen (secondary N) is 2. The quantitative estimate of drug-likeness (QED) is 0.744. The SMILES string of the molecule is Cc1ccc(C(=O)NCC2CC2)cc1NC(=O)c1cccc(C(=O)O)c1. The Morgan fingerprint density at radius 2 is 1.69 bits per heavy atom. The first-order valence-electron chi connectivity index (χ1n) is 8.47. The number of benzene rings is 2. The van der Waals surface area contributed by atoms with Crippen LogP contribution in [0.15, 0.2) is 42.5 Å². The standard InChI is InChI=1S/C20H20N2O4/c1-12-5-8-15(18(23)21-11-13-6-7-13)10-17(12)22-19(24)14-3-2-4-16(9-14)20(25)26/h2-5,8-10,13H,6-7,11H2,1H3,(H,21,23)(H,22,24)(H,25,26). The highest BCUT2D eigenvalue weighted by atomic mass is 16.4. The number of hydrogen-bond donors (Lipinski definition) is 3. The second-order valence-electron chi connectivity index (χ2n) is 6.52. The molecule has 1 saturated carbocycles. The number of rotatable bonds is 6. The minimum Gasteiger partial charge on any atom is -0.478 e. The fourth-order valence-electron chi connectivity index (χ4n) is 2.55. The molecular formula is C20H20N2O4. The van der Waals surface area contributed by atoms with Crippen molar-refractivity contribution in [3.05, 3.63) is 64.7 Å². The number of amides is 2. The van der Waals surface area contributed by atoms with Gasteiger partial charge in [-0.3, -0.25) is 9.59 Å². The highest BCUT2D eigenvalue weighted by Crippen LogP contribution is 2.27. The van der Waals surface area contributed by atoms with Crippen LogP contribution in [0.4, 0.5) is 5.69 Å². The van der Waals surface area contributed by atoms with Gasteiger partial charge < -0.3 is 15.7 Å². The van der Waals surface area contributed by atoms with E-state index in [1.807, 2.05) is 6.92 Å². The van der Waals surface area contributed by atoms with Crippen molar-refractivity contribution in [1.29, 1.82) is 0 Å². The zero-order valence-corrected chi connectivity index (χ0v) is 14.4. The average Bonchev–Trinajstić information content (AvgIpc) is 3.46. The van der Waals surface area contributed by atoms with E-state index in [2.05, 4.69) is 10.6 Å². The molecule has 0 spiro atoms. The first-order chi connectivity index (χ1) is 12.4. The van der Waals surface area contributed by atoms with Crippen molar-refractivity contribution in [2.75, 3.05) is 11.9 Å². The van der Waals surface area contributed by atoms with Gasteiger partial charge in [0.2, 0.25) is 0 Å². The number of anilines is 1. The van der Waals surface area contributed by atoms with Crippen molar-refractivity contribution in [2.45, 2.75) is 19.8 Å². The predicted octanol–water partition coefficient (Wildman–Crippen LogP) is 3.09. The summed E-state index contributed by atoms with van der Waals surface area (Å²) in [4.78, 5) is 35.7. The Kier molecular flexibility index (Phi) is 5.02. The van der Waals surface area contributed by atoms with Gasteiger partial charge in [0.1, 0.15) is 0 Å². The number of aromatic carboxylic acids is 1. The number of aryl methyl sites for hydroxylation is 1. The van der Waals surface area contributed by atoms with Crippen molar-refractivity contribution in [3.8, 4) is 0 Å². The smallest absolute Gasteiger partial charge is 0.335 e. The van der Waals surface area contributed by atoms with E-state index in [0.717, 1.165) is 18.4 Å². The van der Waals surface area contributed by atoms with Gasteiger partial charge in [-0.05, 0) is 61.6 Å². The van der Waals surface area contributed by atoms with Gasteiger partial charge in [0.25, 0.3) is 11.8 Å². The van der Waals surface area contributed by atoms with E-state index >= 15 is 0 Å². The number of carbonyl (C=O) groups excluding carboxylic acids is 2. The highest BCUT2D eigenvalue weighted by molar-refractivity contribution is 6.06. The molecule has 0 unspecified atom stereocenters. The first-order valence-corrected chi connectivity index (χ1v) is 8.47. The summed E-state index contributed by atoms with van der Waals surface area (Å²) in [5.41, 5.74) is 2.10. The molecule has 2 aromatic rings. The van der Waals surface area contributed by atoms with Gasteiger partial charge in [0, 0.05) is 23.4 Å². The summed E-state index contributed by atoms with van der Waals surface area (Å²) in [7, 11) is 0. The van der Waals surface area contributed by atoms with Gasteiger partial charge in [0.15, 0.2) is 0 Å². The lowest BCUT2D eigenvalue weighted by molar-refractivity contribution is 0.0696. The van der Waals surface area contributed by atoms with Crippen molar-refractivity contribution in [3.63, 3.8) is 0 Å². The number of carboxylic acids is 1. The maximum absolute atomic E-state index is 12.4. The van der Waals surface area contributed by atoms with Gasteiger partial charge >= 0.3 is 5.97 Å². The first kappa shape index (κ1) is 17.7. The Hall–Kier alpha value is -3.15. The molecule has 6 nitrogen and oxygen atoms in total. The van der Waals surface area contributed by atoms with E-state index < -0.39 is 11.9 Å². The molecule has 3 rings (SSSR count). The van der Waals surface area contributed by atoms with Crippen molar-refractivity contribution in [1.82, 2.24) is 5.32 Å². The normalized spacial score (nSPS) is 13.1. The lowest BCUT2D eigenvalue weighted by atomic mass is 10.1. The Bertz CT molecular complexity index is 872. The Morgan fingerprint density at radius 1 is 1.00 bits per heavy atom. The average molecular weight is 352 g/mol. The van der Waals surface area contributed by atoms with Crippen molar-refractivity contribution >= 4 is 23.5 Å². The van der Waals surface area contributed by atoms with Crippen LogP contribution >= 0.6 is 0 Å². The lowest BCUT2D eigenvalue weighted by Crippen LogP contribution is -2.25. The molecule has 134 valence electrons. The van der Waals surface area contributed by atoms with Crippen LogP contribution in [0.2, 0.25) is 0 Å². The molecule has 0 saturated heterocycles. The zero-order chi connectivity index (χ0) is 18.7. The van der Waals surface area contributed by atoms with E-state index in [1.54, 1.807) is 24.3 Å². The summed E-state index contributed by atoms with van der Waals surface area (Å²) in [5, 5.41) is 14.7. The van der Waals surface area contributed by atoms with Crippen LogP contribution in [0.25, 0.3) is 0 Å². The zero-order valence-electron chi connectivity index (χ0n) is 14.4. The van der Waals surface area contributed by atoms with Gasteiger partial charge in [-0.2, -0.15) is 0 Å². The predicted molar refractivity (Wildman–Crippen MR) is 97.6 cm³/mol. The molecule has 1 aliphatic rings. The molecule has 6 heteroatoms. The fourth-order valence-corrected chi connectivity index (χ4v) is 2.55. The third kappa shape index (κ3) is 4.27. The third-order valence-electron chi connectivity index (χ3n) is 4.37. The minimum absolute atomic E-state index is 0.0441. The van der Waals surface area contributed by atoms with Crippen LogP contribution in [0.3, 0.4) is 0 Å². The van der Waals surface area contributed by atoms with E-state index in [4.69, 9.17) is 5.11 Å². The van der Waals surface area contributed by atoms with Crippen molar-refractivity contribution < 1.29 is 19.5 Å². The maximum Gasteiger partial charge on any atom is 0.335 e. The summed E-state index contributed by atoms with van der Waals surface area (Å²) in [5.74, 6) is -1.10. The minimum atomic E-state index is -1.09. The van der Waals surface area contributed by atoms with Gasteiger partial charge in [-0.1, -0.05) is 12.1 Å². The number of carboxylic acid groups (broad SMARTS) is 1. The third-order valence-corrected chi connectivity index (χ3v) is 4.37. The molecular weight excluding hydrogens is 332 g/mol. The van der Waals surface area contributed by atoms with Crippen LogP contribution < -0.4 is 10.6 Å². The van der Waals surface area contributed by atoms with Gasteiger partial charge in [-0.15, -0.1) is 0 Å². The molecule has 0 atom stereocenters. The molecule has 3 N–H and O–H groups in total. The molecule has 0 radical (unpaired) electrons. The number of hydrogen-bond acceptors (Lipinski definition) is 3. The largest absolute Gasteiger partial charge is 0.478 e. The molecule has 2 amide bonds. The van der Waals surface area contributed by atoms with E-state index in [9.17, 15) is 14.4 Å². The molecule has 1 aliphatic carbocycles. The Labute approximate surface area is 151 Å². The van der Waals surface area contributed by atoms with Gasteiger partial charge in [0.05, 0.1) is 5.56 Å². The fraction of sp³-hybridized carbons (Fsp3) is 0.250. The molecule has 1 fully saturated rings. The second-order valence-corrected chi connectivity index (χ2v) is 6.52. The second kappa shape index (κ2) is 7.39. The van der Waals surface area contributed by atoms with Crippen LogP contribution in [0.1, 0.15) is 49.5 Å². The van der Waals surface area contributed by atoms with Crippen molar-refractivity contribution in [2.24, 2.45) is 5.92 Å². The molecule has 0 bridgehead atoms. The van der Waals surface area contributed by atoms with Crippen LogP contribution in [0, 0.1) is 12.8 Å². The summed E-state index contributed by atoms with van der Waals surface area (Å²) in [6, 6.07) is 10.9. The maximum atomic E-state index is 12.4. The van der Waals surface area contributed by atoms with E-state index in [-0.39, 0.29) is 17.0 Å². The topological polar surface area (TPSA) is 95.5 Å². The summed E-state index contributed by atoms with van der Waals surface area (Å²) >= 11 is 0. The summed E-state index contributed by atoms with van der Waals surface area (Å²) in [6.07, 6.45) is 2.32. The Balaban J connectivity index is 1.74. The molecule has 26 heavy (non-hydrogen) atoms.